The molecule has 0 aromatic heterocycles. The van der Waals surface area contributed by atoms with E-state index in [-0.39, 0.29) is 24.5 Å². The number of hydrogen-bond donors (Lipinski definition) is 3. The Morgan fingerprint density at radius 2 is 1.31 bits per heavy atom. The van der Waals surface area contributed by atoms with Gasteiger partial charge in [-0.15, -0.1) is 0 Å². The van der Waals surface area contributed by atoms with Crippen molar-refractivity contribution in [2.45, 2.75) is 12.4 Å². The predicted octanol–water partition coefficient (Wildman–Crippen LogP) is 6.58. The zero-order valence-electron chi connectivity index (χ0n) is 18.5. The molecule has 3 aromatic carbocycles. The van der Waals surface area contributed by atoms with Crippen molar-refractivity contribution in [2.24, 2.45) is 0 Å². The number of hydrogen-bond acceptors (Lipinski definition) is 2. The highest BCUT2D eigenvalue weighted by molar-refractivity contribution is 6.01. The summed E-state index contributed by atoms with van der Waals surface area (Å²) in [5.74, 6) is 0. The van der Waals surface area contributed by atoms with Gasteiger partial charge < -0.3 is 16.0 Å². The summed E-state index contributed by atoms with van der Waals surface area (Å²) in [6.45, 7) is -0.384. The summed E-state index contributed by atoms with van der Waals surface area (Å²) in [5.41, 5.74) is -1.38. The van der Waals surface area contributed by atoms with Gasteiger partial charge in [0, 0.05) is 30.2 Å². The van der Waals surface area contributed by atoms with E-state index in [1.165, 1.54) is 6.07 Å². The molecule has 0 aliphatic rings. The lowest BCUT2D eigenvalue weighted by Crippen LogP contribution is -2.42. The molecule has 4 amide bonds. The average Bonchev–Trinajstić information content (AvgIpc) is 2.82. The first kappa shape index (κ1) is 26.4. The van der Waals surface area contributed by atoms with Gasteiger partial charge in [0.25, 0.3) is 0 Å². The number of carbonyl (C=O) groups excluding carboxylic acids is 2. The Kier molecular flexibility index (Phi) is 8.07. The highest BCUT2D eigenvalue weighted by Crippen LogP contribution is 2.32. The molecule has 36 heavy (non-hydrogen) atoms. The van der Waals surface area contributed by atoms with E-state index in [9.17, 15) is 35.9 Å². The summed E-state index contributed by atoms with van der Waals surface area (Å²) >= 11 is 0. The molecule has 0 heterocycles. The molecule has 0 radical (unpaired) electrons. The SMILES string of the molecule is O=C(NCCN(C(=O)Nc1ccccc1)c1cccc(C(F)(F)F)c1)Nc1ccc(C(F)(F)F)cc1. The first-order valence-corrected chi connectivity index (χ1v) is 10.5. The van der Waals surface area contributed by atoms with E-state index in [0.717, 1.165) is 47.4 Å². The van der Waals surface area contributed by atoms with Crippen LogP contribution in [0.1, 0.15) is 11.1 Å². The molecule has 6 nitrogen and oxygen atoms in total. The molecule has 0 spiro atoms. The molecule has 0 atom stereocenters. The van der Waals surface area contributed by atoms with Gasteiger partial charge in [0.2, 0.25) is 0 Å². The molecule has 12 heteroatoms. The van der Waals surface area contributed by atoms with Crippen molar-refractivity contribution >= 4 is 29.1 Å². The maximum atomic E-state index is 13.2. The number of para-hydroxylation sites is 1. The van der Waals surface area contributed by atoms with Gasteiger partial charge >= 0.3 is 24.4 Å². The predicted molar refractivity (Wildman–Crippen MR) is 123 cm³/mol. The van der Waals surface area contributed by atoms with Crippen molar-refractivity contribution in [3.63, 3.8) is 0 Å². The summed E-state index contributed by atoms with van der Waals surface area (Å²) in [5, 5.41) is 7.35. The van der Waals surface area contributed by atoms with Gasteiger partial charge in [-0.25, -0.2) is 9.59 Å². The lowest BCUT2D eigenvalue weighted by atomic mass is 10.2. The Morgan fingerprint density at radius 3 is 1.92 bits per heavy atom. The van der Waals surface area contributed by atoms with E-state index < -0.39 is 35.5 Å². The number of urea groups is 2. The van der Waals surface area contributed by atoms with Crippen LogP contribution in [0.5, 0.6) is 0 Å². The maximum Gasteiger partial charge on any atom is 0.416 e. The van der Waals surface area contributed by atoms with Crippen LogP contribution < -0.4 is 20.9 Å². The van der Waals surface area contributed by atoms with Crippen LogP contribution in [0.25, 0.3) is 0 Å². The normalized spacial score (nSPS) is 11.5. The van der Waals surface area contributed by atoms with Gasteiger partial charge in [-0.2, -0.15) is 26.3 Å². The summed E-state index contributed by atoms with van der Waals surface area (Å²) in [7, 11) is 0. The van der Waals surface area contributed by atoms with Crippen molar-refractivity contribution in [3.8, 4) is 0 Å². The number of rotatable bonds is 6. The summed E-state index contributed by atoms with van der Waals surface area (Å²) in [6.07, 6.45) is -9.15. The Balaban J connectivity index is 1.68. The second-order valence-electron chi connectivity index (χ2n) is 7.45. The smallest absolute Gasteiger partial charge is 0.336 e. The van der Waals surface area contributed by atoms with Gasteiger partial charge in [-0.05, 0) is 54.6 Å². The molecule has 0 unspecified atom stereocenters. The molecule has 0 fully saturated rings. The van der Waals surface area contributed by atoms with Gasteiger partial charge in [0.1, 0.15) is 0 Å². The molecule has 3 rings (SSSR count). The first-order valence-electron chi connectivity index (χ1n) is 10.5. The van der Waals surface area contributed by atoms with E-state index in [1.807, 2.05) is 0 Å². The van der Waals surface area contributed by atoms with Crippen molar-refractivity contribution < 1.29 is 35.9 Å². The zero-order chi connectivity index (χ0) is 26.3. The fourth-order valence-electron chi connectivity index (χ4n) is 3.11. The molecule has 0 aliphatic carbocycles. The third-order valence-electron chi connectivity index (χ3n) is 4.85. The second-order valence-corrected chi connectivity index (χ2v) is 7.45. The number of anilines is 3. The Bertz CT molecular complexity index is 1180. The summed E-state index contributed by atoms with van der Waals surface area (Å²) < 4.78 is 77.5. The molecule has 3 N–H and O–H groups in total. The number of halogens is 6. The number of carbonyl (C=O) groups is 2. The van der Waals surface area contributed by atoms with Crippen LogP contribution in [0.4, 0.5) is 53.0 Å². The fraction of sp³-hybridized carbons (Fsp3) is 0.167. The summed E-state index contributed by atoms with van der Waals surface area (Å²) in [4.78, 5) is 26.0. The van der Waals surface area contributed by atoms with Crippen LogP contribution in [0.2, 0.25) is 0 Å². The number of benzene rings is 3. The third kappa shape index (κ3) is 7.39. The minimum absolute atomic E-state index is 0.0526. The fourth-order valence-corrected chi connectivity index (χ4v) is 3.11. The van der Waals surface area contributed by atoms with Gasteiger partial charge in [-0.1, -0.05) is 24.3 Å². The molecular weight excluding hydrogens is 490 g/mol. The largest absolute Gasteiger partial charge is 0.416 e. The minimum atomic E-state index is -4.63. The average molecular weight is 510 g/mol. The lowest BCUT2D eigenvalue weighted by molar-refractivity contribution is -0.138. The van der Waals surface area contributed by atoms with Crippen LogP contribution in [0.3, 0.4) is 0 Å². The van der Waals surface area contributed by atoms with Gasteiger partial charge in [0.15, 0.2) is 0 Å². The lowest BCUT2D eigenvalue weighted by Gasteiger charge is -2.24. The van der Waals surface area contributed by atoms with Crippen LogP contribution in [0, 0.1) is 0 Å². The Hall–Kier alpha value is -4.22. The van der Waals surface area contributed by atoms with E-state index in [2.05, 4.69) is 16.0 Å². The third-order valence-corrected chi connectivity index (χ3v) is 4.85. The highest BCUT2D eigenvalue weighted by atomic mass is 19.4. The van der Waals surface area contributed by atoms with Crippen LogP contribution in [-0.4, -0.2) is 25.2 Å². The van der Waals surface area contributed by atoms with E-state index in [1.54, 1.807) is 30.3 Å². The maximum absolute atomic E-state index is 13.2. The number of amides is 4. The van der Waals surface area contributed by atoms with Crippen molar-refractivity contribution in [1.82, 2.24) is 5.32 Å². The summed E-state index contributed by atoms with van der Waals surface area (Å²) in [6, 6.07) is 14.7. The van der Waals surface area contributed by atoms with E-state index in [0.29, 0.717) is 5.69 Å². The van der Waals surface area contributed by atoms with Crippen LogP contribution in [0.15, 0.2) is 78.9 Å². The molecular formula is C24H20F6N4O2. The minimum Gasteiger partial charge on any atom is -0.336 e. The molecule has 0 aliphatic heterocycles. The van der Waals surface area contributed by atoms with Crippen molar-refractivity contribution in [3.05, 3.63) is 90.0 Å². The molecule has 0 saturated carbocycles. The molecule has 0 bridgehead atoms. The van der Waals surface area contributed by atoms with Crippen LogP contribution >= 0.6 is 0 Å². The second kappa shape index (κ2) is 11.0. The number of alkyl halides is 6. The number of nitrogens with one attached hydrogen (secondary N) is 3. The number of nitrogens with zero attached hydrogens (tertiary/aromatic N) is 1. The van der Waals surface area contributed by atoms with Crippen molar-refractivity contribution in [2.75, 3.05) is 28.6 Å². The van der Waals surface area contributed by atoms with E-state index >= 15 is 0 Å². The Labute approximate surface area is 201 Å². The van der Waals surface area contributed by atoms with Crippen LogP contribution in [-0.2, 0) is 12.4 Å². The topological polar surface area (TPSA) is 73.5 Å². The van der Waals surface area contributed by atoms with Gasteiger partial charge in [0.05, 0.1) is 11.1 Å². The monoisotopic (exact) mass is 510 g/mol. The quantitative estimate of drug-likeness (QED) is 0.328. The highest BCUT2D eigenvalue weighted by Gasteiger charge is 2.31. The molecule has 190 valence electrons. The van der Waals surface area contributed by atoms with E-state index in [4.69, 9.17) is 0 Å². The Morgan fingerprint density at radius 1 is 0.694 bits per heavy atom. The zero-order valence-corrected chi connectivity index (χ0v) is 18.5. The molecule has 3 aromatic rings. The molecule has 0 saturated heterocycles. The standard InChI is InChI=1S/C24H20F6N4O2/c25-23(26,27)16-9-11-19(12-10-16)32-21(35)31-13-14-34(22(36)33-18-6-2-1-3-7-18)20-8-4-5-17(15-20)24(28,29)30/h1-12,15H,13-14H2,(H,33,36)(H2,31,32,35). The van der Waals surface area contributed by atoms with Crippen molar-refractivity contribution in [1.29, 1.82) is 0 Å². The van der Waals surface area contributed by atoms with Gasteiger partial charge in [-0.3, -0.25) is 4.90 Å². The first-order chi connectivity index (χ1) is 16.9.